The summed E-state index contributed by atoms with van der Waals surface area (Å²) in [6.07, 6.45) is 5.14. The van der Waals surface area contributed by atoms with Crippen molar-refractivity contribution in [2.45, 2.75) is 6.42 Å². The quantitative estimate of drug-likeness (QED) is 0.494. The molecule has 0 bridgehead atoms. The number of nitrogens with zero attached hydrogens (tertiary/aromatic N) is 1. The molecule has 0 saturated heterocycles. The molecule has 0 aromatic heterocycles. The van der Waals surface area contributed by atoms with Crippen molar-refractivity contribution < 1.29 is 0 Å². The first-order valence-corrected chi connectivity index (χ1v) is 4.15. The summed E-state index contributed by atoms with van der Waals surface area (Å²) in [6, 6.07) is 5.96. The van der Waals surface area contributed by atoms with Crippen molar-refractivity contribution in [2.75, 3.05) is 0 Å². The molecule has 1 aromatic rings. The van der Waals surface area contributed by atoms with Gasteiger partial charge in [-0.2, -0.15) is 0 Å². The average molecular weight is 173 g/mol. The van der Waals surface area contributed by atoms with Crippen molar-refractivity contribution in [3.8, 4) is 0 Å². The Labute approximate surface area is 76.8 Å². The summed E-state index contributed by atoms with van der Waals surface area (Å²) in [7, 11) is 0. The predicted octanol–water partition coefficient (Wildman–Crippen LogP) is 1.16. The lowest BCUT2D eigenvalue weighted by Crippen LogP contribution is -2.22. The number of guanidine groups is 1. The summed E-state index contributed by atoms with van der Waals surface area (Å²) >= 11 is 0. The number of fused-ring (bicyclic) bond motifs is 1. The largest absolute Gasteiger partial charge is 0.370 e. The van der Waals surface area contributed by atoms with Crippen LogP contribution in [-0.2, 0) is 6.42 Å². The number of benzene rings is 1. The molecule has 4 N–H and O–H groups in total. The molecule has 0 atom stereocenters. The minimum absolute atomic E-state index is 0.105. The zero-order valence-corrected chi connectivity index (χ0v) is 7.20. The topological polar surface area (TPSA) is 64.4 Å². The highest BCUT2D eigenvalue weighted by atomic mass is 15.0. The summed E-state index contributed by atoms with van der Waals surface area (Å²) in [4.78, 5) is 4.05. The minimum Gasteiger partial charge on any atom is -0.370 e. The van der Waals surface area contributed by atoms with Crippen LogP contribution in [0.25, 0.3) is 6.08 Å². The van der Waals surface area contributed by atoms with E-state index >= 15 is 0 Å². The second-order valence-electron chi connectivity index (χ2n) is 2.99. The van der Waals surface area contributed by atoms with Gasteiger partial charge in [0.15, 0.2) is 5.96 Å². The Hall–Kier alpha value is -1.77. The van der Waals surface area contributed by atoms with Crippen molar-refractivity contribution in [3.05, 3.63) is 35.4 Å². The molecule has 0 unspecified atom stereocenters. The van der Waals surface area contributed by atoms with E-state index in [4.69, 9.17) is 11.5 Å². The van der Waals surface area contributed by atoms with Gasteiger partial charge in [0.05, 0.1) is 5.69 Å². The Balaban J connectivity index is 2.53. The van der Waals surface area contributed by atoms with Crippen molar-refractivity contribution >= 4 is 17.7 Å². The van der Waals surface area contributed by atoms with Gasteiger partial charge in [-0.25, -0.2) is 4.99 Å². The summed E-state index contributed by atoms with van der Waals surface area (Å²) in [6.45, 7) is 0. The molecule has 1 aliphatic rings. The van der Waals surface area contributed by atoms with Crippen LogP contribution in [0.4, 0.5) is 5.69 Å². The van der Waals surface area contributed by atoms with Crippen molar-refractivity contribution in [2.24, 2.45) is 16.5 Å². The Morgan fingerprint density at radius 1 is 1.31 bits per heavy atom. The monoisotopic (exact) mass is 173 g/mol. The van der Waals surface area contributed by atoms with Crippen LogP contribution in [0.5, 0.6) is 0 Å². The van der Waals surface area contributed by atoms with Gasteiger partial charge < -0.3 is 11.5 Å². The Morgan fingerprint density at radius 3 is 2.92 bits per heavy atom. The van der Waals surface area contributed by atoms with E-state index in [9.17, 15) is 0 Å². The Kier molecular flexibility index (Phi) is 1.77. The fourth-order valence-electron chi connectivity index (χ4n) is 1.51. The first-order chi connectivity index (χ1) is 6.27. The SMILES string of the molecule is NC(N)=Nc1cccc2c1C=CC2. The third kappa shape index (κ3) is 1.40. The lowest BCUT2D eigenvalue weighted by atomic mass is 10.1. The Morgan fingerprint density at radius 2 is 2.15 bits per heavy atom. The zero-order chi connectivity index (χ0) is 9.26. The standard InChI is InChI=1S/C10H11N3/c11-10(12)13-9-6-2-4-7-3-1-5-8(7)9/h1-2,4-6H,3H2,(H4,11,12,13). The van der Waals surface area contributed by atoms with E-state index in [1.54, 1.807) is 0 Å². The molecule has 0 aliphatic heterocycles. The van der Waals surface area contributed by atoms with Crippen LogP contribution in [0.15, 0.2) is 29.3 Å². The number of nitrogens with two attached hydrogens (primary N) is 2. The van der Waals surface area contributed by atoms with E-state index in [0.29, 0.717) is 0 Å². The molecule has 0 radical (unpaired) electrons. The van der Waals surface area contributed by atoms with Crippen LogP contribution in [0.2, 0.25) is 0 Å². The van der Waals surface area contributed by atoms with Gasteiger partial charge >= 0.3 is 0 Å². The van der Waals surface area contributed by atoms with Gasteiger partial charge in [-0.05, 0) is 18.1 Å². The van der Waals surface area contributed by atoms with Crippen LogP contribution in [0.3, 0.4) is 0 Å². The summed E-state index contributed by atoms with van der Waals surface area (Å²) < 4.78 is 0. The smallest absolute Gasteiger partial charge is 0.191 e. The molecule has 13 heavy (non-hydrogen) atoms. The predicted molar refractivity (Wildman–Crippen MR) is 54.6 cm³/mol. The molecule has 3 nitrogen and oxygen atoms in total. The highest BCUT2D eigenvalue weighted by molar-refractivity contribution is 5.82. The van der Waals surface area contributed by atoms with Gasteiger partial charge in [-0.3, -0.25) is 0 Å². The van der Waals surface area contributed by atoms with Gasteiger partial charge in [0.1, 0.15) is 0 Å². The van der Waals surface area contributed by atoms with Crippen molar-refractivity contribution in [1.82, 2.24) is 0 Å². The molecule has 1 aliphatic carbocycles. The minimum atomic E-state index is 0.105. The molecule has 2 rings (SSSR count). The van der Waals surface area contributed by atoms with E-state index in [1.165, 1.54) is 5.56 Å². The fraction of sp³-hybridized carbons (Fsp3) is 0.100. The average Bonchev–Trinajstić information content (AvgIpc) is 2.51. The summed E-state index contributed by atoms with van der Waals surface area (Å²) in [5.74, 6) is 0.105. The number of allylic oxidation sites excluding steroid dienone is 1. The molecule has 66 valence electrons. The lowest BCUT2D eigenvalue weighted by Gasteiger charge is -2.02. The third-order valence-corrected chi connectivity index (χ3v) is 2.05. The molecule has 0 fully saturated rings. The molecule has 0 spiro atoms. The van der Waals surface area contributed by atoms with Crippen LogP contribution >= 0.6 is 0 Å². The van der Waals surface area contributed by atoms with Gasteiger partial charge in [-0.1, -0.05) is 24.3 Å². The van der Waals surface area contributed by atoms with Crippen LogP contribution in [0, 0.1) is 0 Å². The first-order valence-electron chi connectivity index (χ1n) is 4.15. The molecular weight excluding hydrogens is 162 g/mol. The third-order valence-electron chi connectivity index (χ3n) is 2.05. The normalized spacial score (nSPS) is 12.6. The molecular formula is C10H11N3. The summed E-state index contributed by atoms with van der Waals surface area (Å²) in [5, 5.41) is 0. The molecule has 0 heterocycles. The molecule has 1 aromatic carbocycles. The van der Waals surface area contributed by atoms with E-state index in [-0.39, 0.29) is 5.96 Å². The first kappa shape index (κ1) is 7.86. The van der Waals surface area contributed by atoms with E-state index in [2.05, 4.69) is 23.2 Å². The van der Waals surface area contributed by atoms with E-state index < -0.39 is 0 Å². The maximum absolute atomic E-state index is 5.32. The van der Waals surface area contributed by atoms with Crippen molar-refractivity contribution in [1.29, 1.82) is 0 Å². The highest BCUT2D eigenvalue weighted by Crippen LogP contribution is 2.28. The van der Waals surface area contributed by atoms with E-state index in [1.807, 2.05) is 12.1 Å². The number of hydrogen-bond acceptors (Lipinski definition) is 1. The molecule has 0 amide bonds. The van der Waals surface area contributed by atoms with Crippen LogP contribution in [0.1, 0.15) is 11.1 Å². The molecule has 0 saturated carbocycles. The fourth-order valence-corrected chi connectivity index (χ4v) is 1.51. The second kappa shape index (κ2) is 2.94. The second-order valence-corrected chi connectivity index (χ2v) is 2.99. The maximum atomic E-state index is 5.32. The van der Waals surface area contributed by atoms with Crippen LogP contribution < -0.4 is 11.5 Å². The van der Waals surface area contributed by atoms with Crippen LogP contribution in [-0.4, -0.2) is 5.96 Å². The number of aliphatic imine (C=N–C) groups is 1. The van der Waals surface area contributed by atoms with Crippen molar-refractivity contribution in [3.63, 3.8) is 0 Å². The Bertz CT molecular complexity index is 387. The summed E-state index contributed by atoms with van der Waals surface area (Å²) in [5.41, 5.74) is 13.9. The highest BCUT2D eigenvalue weighted by Gasteiger charge is 2.08. The van der Waals surface area contributed by atoms with Gasteiger partial charge in [-0.15, -0.1) is 0 Å². The zero-order valence-electron chi connectivity index (χ0n) is 7.20. The number of rotatable bonds is 1. The van der Waals surface area contributed by atoms with E-state index in [0.717, 1.165) is 17.7 Å². The van der Waals surface area contributed by atoms with Gasteiger partial charge in [0, 0.05) is 5.56 Å². The maximum Gasteiger partial charge on any atom is 0.191 e. The molecule has 3 heteroatoms. The lowest BCUT2D eigenvalue weighted by molar-refractivity contribution is 1.30. The van der Waals surface area contributed by atoms with Gasteiger partial charge in [0.25, 0.3) is 0 Å². The number of hydrogen-bond donors (Lipinski definition) is 2. The van der Waals surface area contributed by atoms with Gasteiger partial charge in [0.2, 0.25) is 0 Å².